The zero-order valence-corrected chi connectivity index (χ0v) is 60.6. The molecule has 3 N–H and O–H groups in total. The van der Waals surface area contributed by atoms with Gasteiger partial charge in [-0.25, -0.2) is 4.57 Å². The van der Waals surface area contributed by atoms with Crippen molar-refractivity contribution < 1.29 is 37.6 Å². The van der Waals surface area contributed by atoms with E-state index in [1.165, 1.54) is 366 Å². The van der Waals surface area contributed by atoms with Gasteiger partial charge in [0.15, 0.2) is 6.10 Å². The summed E-state index contributed by atoms with van der Waals surface area (Å²) in [6, 6.07) is 0. The zero-order chi connectivity index (χ0) is 64.4. The summed E-state index contributed by atoms with van der Waals surface area (Å²) >= 11 is 0. The Balaban J connectivity index is 3.74. The fourth-order valence-electron chi connectivity index (χ4n) is 12.4. The number of rotatable bonds is 77. The molecule has 0 spiro atoms. The molecule has 0 aromatic carbocycles. The number of carbonyl (C=O) groups is 2. The van der Waals surface area contributed by atoms with Crippen molar-refractivity contribution in [3.63, 3.8) is 0 Å². The van der Waals surface area contributed by atoms with Crippen LogP contribution in [0.2, 0.25) is 0 Å². The van der Waals surface area contributed by atoms with E-state index >= 15 is 0 Å². The maximum Gasteiger partial charge on any atom is 0.472 e. The van der Waals surface area contributed by atoms with Crippen LogP contribution < -0.4 is 5.73 Å². The van der Waals surface area contributed by atoms with Crippen LogP contribution in [0.5, 0.6) is 0 Å². The smallest absolute Gasteiger partial charge is 0.462 e. The SMILES string of the molecule is CCCCCCC/C=C\C/C=C\CCCCCCCCCCCCCCCCCCCCCC(=O)OC(COC(=O)CCCCCCCCCCCCCCCCCCCCCCCCCCCCCCCCCCCCCCC)COP(=O)(O)OCCN. The second-order valence-electron chi connectivity index (χ2n) is 27.3. The normalized spacial score (nSPS) is 12.9. The molecule has 89 heavy (non-hydrogen) atoms. The number of phosphoric ester groups is 1. The van der Waals surface area contributed by atoms with E-state index in [1.807, 2.05) is 0 Å². The highest BCUT2D eigenvalue weighted by Gasteiger charge is 2.26. The molecule has 0 aliphatic rings. The molecule has 0 rings (SSSR count). The van der Waals surface area contributed by atoms with E-state index in [4.69, 9.17) is 24.3 Å². The summed E-state index contributed by atoms with van der Waals surface area (Å²) in [4.78, 5) is 35.4. The first-order valence-corrected chi connectivity index (χ1v) is 41.3. The summed E-state index contributed by atoms with van der Waals surface area (Å²) in [6.07, 6.45) is 94.7. The lowest BCUT2D eigenvalue weighted by Gasteiger charge is -2.19. The number of esters is 2. The van der Waals surface area contributed by atoms with E-state index < -0.39 is 26.5 Å². The third-order valence-electron chi connectivity index (χ3n) is 18.3. The van der Waals surface area contributed by atoms with Gasteiger partial charge in [0.2, 0.25) is 0 Å². The number of phosphoric acid groups is 1. The van der Waals surface area contributed by atoms with E-state index in [1.54, 1.807) is 0 Å². The average Bonchev–Trinajstić information content (AvgIpc) is 3.68. The minimum absolute atomic E-state index is 0.0571. The van der Waals surface area contributed by atoms with Crippen molar-refractivity contribution >= 4 is 19.8 Å². The molecular formula is C79H154NO8P. The highest BCUT2D eigenvalue weighted by atomic mass is 31.2. The molecule has 9 nitrogen and oxygen atoms in total. The van der Waals surface area contributed by atoms with Crippen molar-refractivity contribution in [2.24, 2.45) is 5.73 Å². The molecule has 528 valence electrons. The summed E-state index contributed by atoms with van der Waals surface area (Å²) in [6.45, 7) is 3.83. The Hall–Kier alpha value is -1.51. The van der Waals surface area contributed by atoms with E-state index in [2.05, 4.69) is 38.2 Å². The topological polar surface area (TPSA) is 134 Å². The lowest BCUT2D eigenvalue weighted by molar-refractivity contribution is -0.161. The number of hydrogen-bond acceptors (Lipinski definition) is 8. The van der Waals surface area contributed by atoms with Crippen LogP contribution in [0.25, 0.3) is 0 Å². The summed E-state index contributed by atoms with van der Waals surface area (Å²) in [5, 5.41) is 0. The van der Waals surface area contributed by atoms with Gasteiger partial charge < -0.3 is 20.1 Å². The fourth-order valence-corrected chi connectivity index (χ4v) is 13.2. The van der Waals surface area contributed by atoms with Gasteiger partial charge in [-0.3, -0.25) is 18.6 Å². The van der Waals surface area contributed by atoms with E-state index in [-0.39, 0.29) is 38.6 Å². The Morgan fingerprint density at radius 3 is 0.854 bits per heavy atom. The molecular weight excluding hydrogens is 1120 g/mol. The van der Waals surface area contributed by atoms with Gasteiger partial charge >= 0.3 is 19.8 Å². The van der Waals surface area contributed by atoms with Gasteiger partial charge in [-0.2, -0.15) is 0 Å². The Morgan fingerprint density at radius 2 is 0.584 bits per heavy atom. The minimum Gasteiger partial charge on any atom is -0.462 e. The molecule has 0 aromatic heterocycles. The first kappa shape index (κ1) is 87.5. The summed E-state index contributed by atoms with van der Waals surface area (Å²) in [5.74, 6) is -0.799. The number of ether oxygens (including phenoxy) is 2. The third kappa shape index (κ3) is 75.4. The zero-order valence-electron chi connectivity index (χ0n) is 59.7. The molecule has 2 atom stereocenters. The highest BCUT2D eigenvalue weighted by Crippen LogP contribution is 2.43. The minimum atomic E-state index is -4.39. The number of hydrogen-bond donors (Lipinski definition) is 2. The third-order valence-corrected chi connectivity index (χ3v) is 19.3. The fraction of sp³-hybridized carbons (Fsp3) is 0.924. The maximum atomic E-state index is 12.8. The van der Waals surface area contributed by atoms with Gasteiger partial charge in [0, 0.05) is 19.4 Å². The van der Waals surface area contributed by atoms with Crippen LogP contribution >= 0.6 is 7.82 Å². The molecule has 0 radical (unpaired) electrons. The first-order chi connectivity index (χ1) is 43.8. The number of unbranched alkanes of at least 4 members (excludes halogenated alkanes) is 60. The van der Waals surface area contributed by atoms with Gasteiger partial charge in [0.05, 0.1) is 13.2 Å². The van der Waals surface area contributed by atoms with Crippen molar-refractivity contribution in [3.05, 3.63) is 24.3 Å². The maximum absolute atomic E-state index is 12.8. The largest absolute Gasteiger partial charge is 0.472 e. The molecule has 0 amide bonds. The number of nitrogens with two attached hydrogens (primary N) is 1. The number of allylic oxidation sites excluding steroid dienone is 4. The van der Waals surface area contributed by atoms with Crippen molar-refractivity contribution in [3.8, 4) is 0 Å². The molecule has 0 fully saturated rings. The van der Waals surface area contributed by atoms with Crippen LogP contribution in [-0.4, -0.2) is 49.3 Å². The summed E-state index contributed by atoms with van der Waals surface area (Å²) in [7, 11) is -4.39. The lowest BCUT2D eigenvalue weighted by Crippen LogP contribution is -2.29. The van der Waals surface area contributed by atoms with Gasteiger partial charge in [-0.15, -0.1) is 0 Å². The highest BCUT2D eigenvalue weighted by molar-refractivity contribution is 7.47. The van der Waals surface area contributed by atoms with Gasteiger partial charge in [-0.1, -0.05) is 404 Å². The van der Waals surface area contributed by atoms with Gasteiger partial charge in [0.1, 0.15) is 6.61 Å². The van der Waals surface area contributed by atoms with Gasteiger partial charge in [0.25, 0.3) is 0 Å². The Kier molecular flexibility index (Phi) is 74.2. The monoisotopic (exact) mass is 1280 g/mol. The van der Waals surface area contributed by atoms with Crippen LogP contribution in [0.15, 0.2) is 24.3 Å². The van der Waals surface area contributed by atoms with E-state index in [0.29, 0.717) is 6.42 Å². The standard InChI is InChI=1S/C79H154NO8P/c1-3-5-7-9-11-13-15-17-19-21-23-25-27-29-31-33-35-36-37-38-39-40-42-43-45-47-49-51-53-55-57-59-61-63-65-67-69-71-78(81)85-75-77(76-87-89(83,84)86-74-73-80)88-79(82)72-70-68-66-64-62-60-58-56-54-52-50-48-46-44-41-34-32-30-28-26-24-22-20-18-16-14-12-10-8-6-4-2/h16,18,22,24,77H,3-15,17,19-21,23,25-76,80H2,1-2H3,(H,83,84)/b18-16-,24-22-. The second kappa shape index (κ2) is 75.5. The van der Waals surface area contributed by atoms with Crippen molar-refractivity contribution in [1.82, 2.24) is 0 Å². The Labute approximate surface area is 554 Å². The van der Waals surface area contributed by atoms with Crippen LogP contribution in [0, 0.1) is 0 Å². The molecule has 0 aromatic rings. The van der Waals surface area contributed by atoms with E-state index in [9.17, 15) is 19.0 Å². The average molecular weight is 1280 g/mol. The van der Waals surface area contributed by atoms with Crippen LogP contribution in [0.3, 0.4) is 0 Å². The van der Waals surface area contributed by atoms with Crippen molar-refractivity contribution in [2.45, 2.75) is 444 Å². The van der Waals surface area contributed by atoms with Gasteiger partial charge in [-0.05, 0) is 44.9 Å². The van der Waals surface area contributed by atoms with Crippen LogP contribution in [0.1, 0.15) is 438 Å². The predicted octanol–water partition coefficient (Wildman–Crippen LogP) is 26.4. The first-order valence-electron chi connectivity index (χ1n) is 39.8. The predicted molar refractivity (Wildman–Crippen MR) is 386 cm³/mol. The molecule has 10 heteroatoms. The molecule has 0 saturated heterocycles. The molecule has 0 heterocycles. The quantitative estimate of drug-likeness (QED) is 0.0264. The van der Waals surface area contributed by atoms with E-state index in [0.717, 1.165) is 38.5 Å². The molecule has 0 aliphatic heterocycles. The molecule has 0 saturated carbocycles. The van der Waals surface area contributed by atoms with Crippen molar-refractivity contribution in [2.75, 3.05) is 26.4 Å². The molecule has 0 aliphatic carbocycles. The summed E-state index contributed by atoms with van der Waals surface area (Å²) in [5.41, 5.74) is 5.41. The van der Waals surface area contributed by atoms with Crippen LogP contribution in [0.4, 0.5) is 0 Å². The Bertz CT molecular complexity index is 1510. The second-order valence-corrected chi connectivity index (χ2v) is 28.8. The van der Waals surface area contributed by atoms with Crippen LogP contribution in [-0.2, 0) is 32.7 Å². The lowest BCUT2D eigenvalue weighted by atomic mass is 10.0. The Morgan fingerprint density at radius 1 is 0.337 bits per heavy atom. The summed E-state index contributed by atoms with van der Waals surface area (Å²) < 4.78 is 33.3. The molecule has 0 bridgehead atoms. The molecule has 2 unspecified atom stereocenters. The number of carbonyl (C=O) groups excluding carboxylic acids is 2. The van der Waals surface area contributed by atoms with Crippen molar-refractivity contribution in [1.29, 1.82) is 0 Å².